The zero-order valence-electron chi connectivity index (χ0n) is 19.2. The van der Waals surface area contributed by atoms with Gasteiger partial charge >= 0.3 is 11.3 Å². The summed E-state index contributed by atoms with van der Waals surface area (Å²) in [6.45, 7) is 0. The van der Waals surface area contributed by atoms with E-state index in [1.807, 2.05) is 24.3 Å². The van der Waals surface area contributed by atoms with Crippen molar-refractivity contribution in [3.05, 3.63) is 69.0 Å². The second-order valence-corrected chi connectivity index (χ2v) is 9.81. The fraction of sp³-hybridized carbons (Fsp3) is 0.429. The van der Waals surface area contributed by atoms with Crippen LogP contribution in [-0.2, 0) is 0 Å². The predicted octanol–water partition coefficient (Wildman–Crippen LogP) is 6.45. The summed E-state index contributed by atoms with van der Waals surface area (Å²) in [6.07, 6.45) is 11.2. The van der Waals surface area contributed by atoms with Crippen LogP contribution < -0.4 is 11.3 Å². The minimum absolute atomic E-state index is 0.233. The van der Waals surface area contributed by atoms with E-state index in [-0.39, 0.29) is 23.1 Å². The third-order valence-corrected chi connectivity index (χ3v) is 7.53. The third kappa shape index (κ3) is 3.95. The summed E-state index contributed by atoms with van der Waals surface area (Å²) in [5.41, 5.74) is 2.24. The van der Waals surface area contributed by atoms with Gasteiger partial charge in [0.15, 0.2) is 0 Å². The largest absolute Gasteiger partial charge is 0.408 e. The van der Waals surface area contributed by atoms with Crippen LogP contribution in [-0.4, -0.2) is 9.97 Å². The Morgan fingerprint density at radius 3 is 1.41 bits per heavy atom. The monoisotopic (exact) mass is 456 g/mol. The molecule has 6 rings (SSSR count). The molecule has 6 heteroatoms. The van der Waals surface area contributed by atoms with Crippen molar-refractivity contribution in [2.24, 2.45) is 0 Å². The van der Waals surface area contributed by atoms with Crippen LogP contribution in [0.2, 0.25) is 0 Å². The van der Waals surface area contributed by atoms with Crippen molar-refractivity contribution in [3.63, 3.8) is 0 Å². The van der Waals surface area contributed by atoms with Crippen molar-refractivity contribution in [2.45, 2.75) is 76.0 Å². The quantitative estimate of drug-likeness (QED) is 0.352. The minimum Gasteiger partial charge on any atom is -0.408 e. The van der Waals surface area contributed by atoms with Crippen molar-refractivity contribution < 1.29 is 8.83 Å². The number of benzene rings is 2. The van der Waals surface area contributed by atoms with E-state index in [4.69, 9.17) is 8.83 Å². The second-order valence-electron chi connectivity index (χ2n) is 9.81. The summed E-state index contributed by atoms with van der Waals surface area (Å²) >= 11 is 0. The molecule has 0 saturated heterocycles. The molecule has 2 aromatic heterocycles. The first-order chi connectivity index (χ1) is 16.7. The van der Waals surface area contributed by atoms with Crippen LogP contribution >= 0.6 is 0 Å². The Labute approximate surface area is 197 Å². The smallest absolute Gasteiger partial charge is 0.346 e. The number of fused-ring (bicyclic) bond motifs is 2. The summed E-state index contributed by atoms with van der Waals surface area (Å²) < 4.78 is 11.3. The van der Waals surface area contributed by atoms with E-state index < -0.39 is 0 Å². The lowest BCUT2D eigenvalue weighted by Gasteiger charge is -2.19. The number of hydrogen-bond donors (Lipinski definition) is 0. The first-order valence-corrected chi connectivity index (χ1v) is 12.6. The maximum absolute atomic E-state index is 12.8. The average molecular weight is 457 g/mol. The maximum Gasteiger partial charge on any atom is 0.346 e. The SMILES string of the molecule is O=c1oc(C2CCCCC2)nc2ccc(-c3ccc4nc(C5CCCCC5)oc(=O)c4c3)cc12. The molecule has 6 nitrogen and oxygen atoms in total. The summed E-state index contributed by atoms with van der Waals surface area (Å²) in [6, 6.07) is 11.2. The van der Waals surface area contributed by atoms with Gasteiger partial charge < -0.3 is 8.83 Å². The molecule has 2 aliphatic rings. The van der Waals surface area contributed by atoms with Crippen molar-refractivity contribution in [1.82, 2.24) is 9.97 Å². The van der Waals surface area contributed by atoms with Gasteiger partial charge in [0.2, 0.25) is 11.8 Å². The standard InChI is InChI=1S/C28H28N2O4/c31-27-21-15-19(11-13-23(21)29-25(33-27)17-7-3-1-4-8-17)20-12-14-24-22(16-20)28(32)34-26(30-24)18-9-5-2-6-10-18/h11-18H,1-10H2. The van der Waals surface area contributed by atoms with Gasteiger partial charge in [-0.1, -0.05) is 50.7 Å². The number of rotatable bonds is 3. The molecule has 2 aromatic carbocycles. The van der Waals surface area contributed by atoms with Crippen LogP contribution in [0.25, 0.3) is 32.9 Å². The highest BCUT2D eigenvalue weighted by Crippen LogP contribution is 2.33. The Morgan fingerprint density at radius 2 is 1.00 bits per heavy atom. The molecule has 0 bridgehead atoms. The number of nitrogens with zero attached hydrogens (tertiary/aromatic N) is 2. The molecule has 0 spiro atoms. The molecule has 2 saturated carbocycles. The molecule has 0 radical (unpaired) electrons. The van der Waals surface area contributed by atoms with Gasteiger partial charge in [-0.05, 0) is 61.1 Å². The molecular formula is C28H28N2O4. The van der Waals surface area contributed by atoms with Crippen LogP contribution in [0.5, 0.6) is 0 Å². The van der Waals surface area contributed by atoms with Gasteiger partial charge in [0.05, 0.1) is 21.8 Å². The van der Waals surface area contributed by atoms with Crippen LogP contribution in [0, 0.1) is 0 Å². The van der Waals surface area contributed by atoms with Crippen molar-refractivity contribution in [1.29, 1.82) is 0 Å². The Balaban J connectivity index is 1.36. The summed E-state index contributed by atoms with van der Waals surface area (Å²) in [4.78, 5) is 34.9. The lowest BCUT2D eigenvalue weighted by molar-refractivity contribution is 0.342. The maximum atomic E-state index is 12.8. The predicted molar refractivity (Wildman–Crippen MR) is 131 cm³/mol. The van der Waals surface area contributed by atoms with Crippen LogP contribution in [0.3, 0.4) is 0 Å². The first kappa shape index (κ1) is 21.3. The summed E-state index contributed by atoms with van der Waals surface area (Å²) in [5.74, 6) is 1.59. The van der Waals surface area contributed by atoms with Gasteiger partial charge in [0, 0.05) is 11.8 Å². The fourth-order valence-corrected chi connectivity index (χ4v) is 5.58. The molecule has 4 aromatic rings. The van der Waals surface area contributed by atoms with Gasteiger partial charge in [-0.3, -0.25) is 0 Å². The Hall–Kier alpha value is -3.28. The Bertz CT molecular complexity index is 1360. The van der Waals surface area contributed by atoms with Gasteiger partial charge in [-0.25, -0.2) is 19.6 Å². The second kappa shape index (κ2) is 8.82. The van der Waals surface area contributed by atoms with E-state index in [2.05, 4.69) is 9.97 Å². The van der Waals surface area contributed by atoms with Gasteiger partial charge in [-0.15, -0.1) is 0 Å². The van der Waals surface area contributed by atoms with E-state index in [0.29, 0.717) is 33.6 Å². The average Bonchev–Trinajstić information content (AvgIpc) is 2.89. The topological polar surface area (TPSA) is 86.2 Å². The fourth-order valence-electron chi connectivity index (χ4n) is 5.58. The van der Waals surface area contributed by atoms with Gasteiger partial charge in [0.1, 0.15) is 0 Å². The highest BCUT2D eigenvalue weighted by molar-refractivity contribution is 5.87. The normalized spacial score (nSPS) is 18.0. The van der Waals surface area contributed by atoms with Crippen molar-refractivity contribution >= 4 is 21.8 Å². The van der Waals surface area contributed by atoms with Gasteiger partial charge in [0.25, 0.3) is 0 Å². The molecule has 0 atom stereocenters. The molecule has 2 fully saturated rings. The first-order valence-electron chi connectivity index (χ1n) is 12.6. The van der Waals surface area contributed by atoms with Crippen LogP contribution in [0.1, 0.15) is 87.8 Å². The minimum atomic E-state index is -0.355. The summed E-state index contributed by atoms with van der Waals surface area (Å²) in [5, 5.41) is 0.907. The van der Waals surface area contributed by atoms with E-state index in [1.54, 1.807) is 12.1 Å². The Morgan fingerprint density at radius 1 is 0.588 bits per heavy atom. The molecule has 174 valence electrons. The van der Waals surface area contributed by atoms with Gasteiger partial charge in [-0.2, -0.15) is 0 Å². The van der Waals surface area contributed by atoms with E-state index in [9.17, 15) is 9.59 Å². The molecule has 0 N–H and O–H groups in total. The van der Waals surface area contributed by atoms with E-state index >= 15 is 0 Å². The number of aromatic nitrogens is 2. The Kier molecular flexibility index (Phi) is 5.52. The van der Waals surface area contributed by atoms with E-state index in [0.717, 1.165) is 62.5 Å². The van der Waals surface area contributed by atoms with E-state index in [1.165, 1.54) is 12.8 Å². The lowest BCUT2D eigenvalue weighted by Crippen LogP contribution is -2.12. The van der Waals surface area contributed by atoms with Crippen LogP contribution in [0.15, 0.2) is 54.8 Å². The molecule has 0 unspecified atom stereocenters. The third-order valence-electron chi connectivity index (χ3n) is 7.53. The van der Waals surface area contributed by atoms with Crippen molar-refractivity contribution in [3.8, 4) is 11.1 Å². The summed E-state index contributed by atoms with van der Waals surface area (Å²) in [7, 11) is 0. The highest BCUT2D eigenvalue weighted by Gasteiger charge is 2.22. The molecule has 0 aliphatic heterocycles. The lowest BCUT2D eigenvalue weighted by atomic mass is 9.89. The molecular weight excluding hydrogens is 428 g/mol. The molecule has 2 aliphatic carbocycles. The number of hydrogen-bond acceptors (Lipinski definition) is 6. The van der Waals surface area contributed by atoms with Crippen LogP contribution in [0.4, 0.5) is 0 Å². The molecule has 2 heterocycles. The highest BCUT2D eigenvalue weighted by atomic mass is 16.4. The van der Waals surface area contributed by atoms with Crippen molar-refractivity contribution in [2.75, 3.05) is 0 Å². The zero-order valence-corrected chi connectivity index (χ0v) is 19.2. The molecule has 34 heavy (non-hydrogen) atoms. The molecule has 0 amide bonds. The zero-order chi connectivity index (χ0) is 23.1.